The second kappa shape index (κ2) is 4.95. The second-order valence-corrected chi connectivity index (χ2v) is 5.88. The van der Waals surface area contributed by atoms with E-state index >= 15 is 0 Å². The van der Waals surface area contributed by atoms with E-state index in [1.54, 1.807) is 14.2 Å². The summed E-state index contributed by atoms with van der Waals surface area (Å²) >= 11 is 0. The highest BCUT2D eigenvalue weighted by molar-refractivity contribution is 5.49. The number of benzene rings is 1. The van der Waals surface area contributed by atoms with Crippen LogP contribution in [0.4, 0.5) is 0 Å². The van der Waals surface area contributed by atoms with Gasteiger partial charge >= 0.3 is 0 Å². The van der Waals surface area contributed by atoms with Crippen LogP contribution in [0.5, 0.6) is 17.4 Å². The number of hydrogen-bond acceptors (Lipinski definition) is 5. The molecular weight excluding hydrogens is 282 g/mol. The quantitative estimate of drug-likeness (QED) is 0.924. The molecule has 0 radical (unpaired) electrons. The number of rotatable bonds is 2. The van der Waals surface area contributed by atoms with Crippen LogP contribution >= 0.6 is 0 Å². The van der Waals surface area contributed by atoms with E-state index in [4.69, 9.17) is 13.9 Å². The number of phenols is 1. The molecule has 0 spiro atoms. The molecule has 1 aromatic carbocycles. The van der Waals surface area contributed by atoms with Crippen molar-refractivity contribution in [1.82, 2.24) is 4.90 Å². The van der Waals surface area contributed by atoms with E-state index in [2.05, 4.69) is 4.90 Å². The molecule has 5 heteroatoms. The maximum atomic E-state index is 10.1. The van der Waals surface area contributed by atoms with Crippen LogP contribution in [0.2, 0.25) is 0 Å². The normalized spacial score (nSPS) is 20.0. The first-order valence-electron chi connectivity index (χ1n) is 7.49. The molecule has 4 rings (SSSR count). The summed E-state index contributed by atoms with van der Waals surface area (Å²) < 4.78 is 16.2. The van der Waals surface area contributed by atoms with Crippen molar-refractivity contribution in [2.45, 2.75) is 25.4 Å². The van der Waals surface area contributed by atoms with Crippen molar-refractivity contribution in [3.05, 3.63) is 40.6 Å². The van der Waals surface area contributed by atoms with E-state index in [0.29, 0.717) is 11.7 Å². The van der Waals surface area contributed by atoms with Gasteiger partial charge < -0.3 is 19.0 Å². The molecule has 2 aromatic rings. The molecule has 1 aromatic heterocycles. The third-order valence-electron chi connectivity index (χ3n) is 4.74. The van der Waals surface area contributed by atoms with E-state index < -0.39 is 0 Å². The SMILES string of the molecule is COc1cc2c(o1)C[C@H]1c3cc(O)c(OC)cc3CCN1C2. The molecule has 2 aliphatic rings. The van der Waals surface area contributed by atoms with Crippen molar-refractivity contribution in [3.8, 4) is 17.4 Å². The lowest BCUT2D eigenvalue weighted by atomic mass is 9.86. The minimum absolute atomic E-state index is 0.200. The Kier molecular flexibility index (Phi) is 3.04. The molecule has 0 saturated heterocycles. The van der Waals surface area contributed by atoms with Gasteiger partial charge in [-0.25, -0.2) is 0 Å². The summed E-state index contributed by atoms with van der Waals surface area (Å²) in [5.41, 5.74) is 3.62. The molecule has 2 aliphatic heterocycles. The Morgan fingerprint density at radius 1 is 1.18 bits per heavy atom. The lowest BCUT2D eigenvalue weighted by molar-refractivity contribution is 0.149. The van der Waals surface area contributed by atoms with Gasteiger partial charge in [-0.3, -0.25) is 4.90 Å². The van der Waals surface area contributed by atoms with Gasteiger partial charge in [0.15, 0.2) is 11.5 Å². The third-order valence-corrected chi connectivity index (χ3v) is 4.74. The summed E-state index contributed by atoms with van der Waals surface area (Å²) in [6.07, 6.45) is 1.77. The van der Waals surface area contributed by atoms with E-state index in [0.717, 1.165) is 31.7 Å². The van der Waals surface area contributed by atoms with E-state index in [-0.39, 0.29) is 11.8 Å². The highest BCUT2D eigenvalue weighted by Gasteiger charge is 2.35. The summed E-state index contributed by atoms with van der Waals surface area (Å²) in [7, 11) is 3.20. The molecule has 3 heterocycles. The Hall–Kier alpha value is -2.14. The van der Waals surface area contributed by atoms with Crippen molar-refractivity contribution in [1.29, 1.82) is 0 Å². The topological polar surface area (TPSA) is 55.1 Å². The van der Waals surface area contributed by atoms with E-state index in [9.17, 15) is 5.11 Å². The highest BCUT2D eigenvalue weighted by atomic mass is 16.6. The van der Waals surface area contributed by atoms with Crippen LogP contribution in [0, 0.1) is 0 Å². The molecule has 22 heavy (non-hydrogen) atoms. The molecule has 0 amide bonds. The van der Waals surface area contributed by atoms with Gasteiger partial charge in [-0.15, -0.1) is 0 Å². The van der Waals surface area contributed by atoms with Crippen molar-refractivity contribution in [2.24, 2.45) is 0 Å². The van der Waals surface area contributed by atoms with Crippen LogP contribution in [0.15, 0.2) is 22.6 Å². The zero-order chi connectivity index (χ0) is 15.3. The van der Waals surface area contributed by atoms with Gasteiger partial charge in [-0.1, -0.05) is 0 Å². The maximum Gasteiger partial charge on any atom is 0.284 e. The number of methoxy groups -OCH3 is 2. The van der Waals surface area contributed by atoms with Crippen molar-refractivity contribution >= 4 is 0 Å². The predicted molar refractivity (Wildman–Crippen MR) is 80.5 cm³/mol. The molecule has 116 valence electrons. The molecule has 0 unspecified atom stereocenters. The first kappa shape index (κ1) is 13.5. The van der Waals surface area contributed by atoms with Gasteiger partial charge in [0.25, 0.3) is 5.95 Å². The fraction of sp³-hybridized carbons (Fsp3) is 0.412. The first-order chi connectivity index (χ1) is 10.7. The lowest BCUT2D eigenvalue weighted by Gasteiger charge is -2.40. The minimum atomic E-state index is 0.200. The number of hydrogen-bond donors (Lipinski definition) is 1. The monoisotopic (exact) mass is 301 g/mol. The van der Waals surface area contributed by atoms with Gasteiger partial charge in [0, 0.05) is 37.2 Å². The Bertz CT molecular complexity index is 722. The van der Waals surface area contributed by atoms with Crippen LogP contribution in [-0.2, 0) is 19.4 Å². The third kappa shape index (κ3) is 1.96. The summed E-state index contributed by atoms with van der Waals surface area (Å²) in [6.45, 7) is 1.86. The molecule has 0 fully saturated rings. The summed E-state index contributed by atoms with van der Waals surface area (Å²) in [6, 6.07) is 6.02. The fourth-order valence-corrected chi connectivity index (χ4v) is 3.60. The zero-order valence-corrected chi connectivity index (χ0v) is 12.8. The Labute approximate surface area is 129 Å². The number of ether oxygens (including phenoxy) is 2. The largest absolute Gasteiger partial charge is 0.504 e. The van der Waals surface area contributed by atoms with Crippen molar-refractivity contribution in [3.63, 3.8) is 0 Å². The predicted octanol–water partition coefficient (Wildman–Crippen LogP) is 2.66. The van der Waals surface area contributed by atoms with E-state index in [1.165, 1.54) is 16.7 Å². The summed E-state index contributed by atoms with van der Waals surface area (Å²) in [5, 5.41) is 10.1. The lowest BCUT2D eigenvalue weighted by Crippen LogP contribution is -2.38. The molecule has 0 aliphatic carbocycles. The summed E-state index contributed by atoms with van der Waals surface area (Å²) in [5.74, 6) is 2.30. The molecule has 1 atom stereocenters. The van der Waals surface area contributed by atoms with Crippen LogP contribution in [0.3, 0.4) is 0 Å². The van der Waals surface area contributed by atoms with Crippen molar-refractivity contribution < 1.29 is 19.0 Å². The van der Waals surface area contributed by atoms with Gasteiger partial charge in [0.2, 0.25) is 0 Å². The van der Waals surface area contributed by atoms with Crippen molar-refractivity contribution in [2.75, 3.05) is 20.8 Å². The first-order valence-corrected chi connectivity index (χ1v) is 7.49. The van der Waals surface area contributed by atoms with Crippen LogP contribution in [0.25, 0.3) is 0 Å². The standard InChI is InChI=1S/C17H19NO4/c1-20-16-5-10-3-4-18-9-11-6-17(21-2)22-15(11)8-13(18)12(10)7-14(16)19/h5-7,13,19H,3-4,8-9H2,1-2H3/t13-/m0/s1. The molecular formula is C17H19NO4. The Morgan fingerprint density at radius 3 is 2.82 bits per heavy atom. The van der Waals surface area contributed by atoms with Gasteiger partial charge in [0.1, 0.15) is 5.76 Å². The average molecular weight is 301 g/mol. The van der Waals surface area contributed by atoms with Gasteiger partial charge in [-0.05, 0) is 29.7 Å². The number of phenolic OH excluding ortho intramolecular Hbond substituents is 1. The molecule has 1 N–H and O–H groups in total. The smallest absolute Gasteiger partial charge is 0.284 e. The summed E-state index contributed by atoms with van der Waals surface area (Å²) in [4.78, 5) is 2.44. The van der Waals surface area contributed by atoms with E-state index in [1.807, 2.05) is 18.2 Å². The minimum Gasteiger partial charge on any atom is -0.504 e. The fourth-order valence-electron chi connectivity index (χ4n) is 3.60. The maximum absolute atomic E-state index is 10.1. The van der Waals surface area contributed by atoms with Crippen LogP contribution in [-0.4, -0.2) is 30.8 Å². The second-order valence-electron chi connectivity index (χ2n) is 5.88. The van der Waals surface area contributed by atoms with Gasteiger partial charge in [0.05, 0.1) is 14.2 Å². The zero-order valence-electron chi connectivity index (χ0n) is 12.8. The van der Waals surface area contributed by atoms with Crippen LogP contribution < -0.4 is 9.47 Å². The molecule has 0 bridgehead atoms. The number of furan rings is 1. The highest BCUT2D eigenvalue weighted by Crippen LogP contribution is 2.43. The Morgan fingerprint density at radius 2 is 2.05 bits per heavy atom. The number of nitrogens with zero attached hydrogens (tertiary/aromatic N) is 1. The number of fused-ring (bicyclic) bond motifs is 4. The van der Waals surface area contributed by atoms with Gasteiger partial charge in [-0.2, -0.15) is 0 Å². The molecule has 0 saturated carbocycles. The Balaban J connectivity index is 1.74. The number of aromatic hydroxyl groups is 1. The molecule has 5 nitrogen and oxygen atoms in total. The average Bonchev–Trinajstić information content (AvgIpc) is 2.94. The van der Waals surface area contributed by atoms with Crippen LogP contribution in [0.1, 0.15) is 28.5 Å².